The second-order valence-corrected chi connectivity index (χ2v) is 4.45. The minimum absolute atomic E-state index is 0.0242. The summed E-state index contributed by atoms with van der Waals surface area (Å²) in [5.41, 5.74) is 1.85. The lowest BCUT2D eigenvalue weighted by Gasteiger charge is -2.26. The third-order valence-electron chi connectivity index (χ3n) is 3.17. The third-order valence-corrected chi connectivity index (χ3v) is 3.17. The molecule has 1 aliphatic rings. The van der Waals surface area contributed by atoms with Gasteiger partial charge in [-0.3, -0.25) is 4.79 Å². The van der Waals surface area contributed by atoms with Crippen molar-refractivity contribution >= 4 is 25.0 Å². The Kier molecular flexibility index (Phi) is 2.39. The zero-order valence-electron chi connectivity index (χ0n) is 9.39. The molecule has 2 aromatic heterocycles. The van der Waals surface area contributed by atoms with E-state index in [1.807, 2.05) is 0 Å². The summed E-state index contributed by atoms with van der Waals surface area (Å²) < 4.78 is 1.77. The number of nitrogens with zero attached hydrogens (tertiary/aromatic N) is 2. The lowest BCUT2D eigenvalue weighted by molar-refractivity contribution is 0.0916. The second-order valence-electron chi connectivity index (χ2n) is 4.45. The molecule has 1 N–H and O–H groups in total. The van der Waals surface area contributed by atoms with Crippen LogP contribution in [-0.4, -0.2) is 29.2 Å². The number of hydrogen-bond acceptors (Lipinski definition) is 2. The fourth-order valence-electron chi connectivity index (χ4n) is 1.97. The zero-order chi connectivity index (χ0) is 11.8. The largest absolute Gasteiger partial charge is 0.349 e. The summed E-state index contributed by atoms with van der Waals surface area (Å²) in [5.74, 6) is -0.0242. The Morgan fingerprint density at radius 3 is 2.94 bits per heavy atom. The van der Waals surface area contributed by atoms with Crippen LogP contribution < -0.4 is 10.9 Å². The summed E-state index contributed by atoms with van der Waals surface area (Å²) in [6, 6.07) is 3.92. The van der Waals surface area contributed by atoms with E-state index in [1.165, 1.54) is 6.42 Å². The SMILES string of the molecule is [B]c1cn2cc(C(=O)NC3CCC3)ccc2n1. The van der Waals surface area contributed by atoms with Crippen LogP contribution in [0.4, 0.5) is 0 Å². The molecule has 17 heavy (non-hydrogen) atoms. The van der Waals surface area contributed by atoms with E-state index in [0.717, 1.165) is 18.5 Å². The quantitative estimate of drug-likeness (QED) is 0.752. The number of nitrogens with one attached hydrogen (secondary N) is 1. The summed E-state index contributed by atoms with van der Waals surface area (Å²) in [4.78, 5) is 16.0. The first-order chi connectivity index (χ1) is 8.22. The van der Waals surface area contributed by atoms with Crippen LogP contribution in [0.5, 0.6) is 0 Å². The van der Waals surface area contributed by atoms with Crippen LogP contribution >= 0.6 is 0 Å². The van der Waals surface area contributed by atoms with Gasteiger partial charge in [-0.2, -0.15) is 0 Å². The van der Waals surface area contributed by atoms with Crippen LogP contribution in [0.15, 0.2) is 24.5 Å². The molecule has 1 aliphatic carbocycles. The number of aromatic nitrogens is 2. The Hall–Kier alpha value is -1.78. The third kappa shape index (κ3) is 1.93. The Morgan fingerprint density at radius 2 is 2.24 bits per heavy atom. The summed E-state index contributed by atoms with van der Waals surface area (Å²) in [5, 5.41) is 3.00. The maximum absolute atomic E-state index is 11.9. The van der Waals surface area contributed by atoms with Crippen molar-refractivity contribution in [2.45, 2.75) is 25.3 Å². The highest BCUT2D eigenvalue weighted by molar-refractivity contribution is 6.30. The molecule has 0 spiro atoms. The van der Waals surface area contributed by atoms with Crippen LogP contribution in [0.1, 0.15) is 29.6 Å². The average molecular weight is 225 g/mol. The van der Waals surface area contributed by atoms with Crippen molar-refractivity contribution in [3.05, 3.63) is 30.1 Å². The van der Waals surface area contributed by atoms with Gasteiger partial charge >= 0.3 is 0 Å². The van der Waals surface area contributed by atoms with E-state index >= 15 is 0 Å². The fraction of sp³-hybridized carbons (Fsp3) is 0.333. The Bertz CT molecular complexity index is 574. The molecule has 5 heteroatoms. The Balaban J connectivity index is 1.85. The maximum atomic E-state index is 11.9. The van der Waals surface area contributed by atoms with Gasteiger partial charge in [0.2, 0.25) is 0 Å². The van der Waals surface area contributed by atoms with E-state index in [-0.39, 0.29) is 5.91 Å². The van der Waals surface area contributed by atoms with Crippen molar-refractivity contribution in [2.24, 2.45) is 0 Å². The minimum atomic E-state index is -0.0242. The van der Waals surface area contributed by atoms with Gasteiger partial charge in [-0.05, 0) is 31.4 Å². The first-order valence-corrected chi connectivity index (χ1v) is 5.77. The number of rotatable bonds is 2. The average Bonchev–Trinajstić information content (AvgIpc) is 2.62. The van der Waals surface area contributed by atoms with Crippen molar-refractivity contribution in [1.29, 1.82) is 0 Å². The molecule has 1 amide bonds. The summed E-state index contributed by atoms with van der Waals surface area (Å²) >= 11 is 0. The lowest BCUT2D eigenvalue weighted by Crippen LogP contribution is -2.39. The molecule has 0 bridgehead atoms. The smallest absolute Gasteiger partial charge is 0.252 e. The van der Waals surface area contributed by atoms with Gasteiger partial charge in [0, 0.05) is 24.0 Å². The molecule has 0 atom stereocenters. The van der Waals surface area contributed by atoms with Gasteiger partial charge in [-0.25, -0.2) is 4.98 Å². The number of pyridine rings is 1. The summed E-state index contributed by atoms with van der Waals surface area (Å²) in [6.45, 7) is 0. The van der Waals surface area contributed by atoms with Gasteiger partial charge in [0.15, 0.2) is 0 Å². The first-order valence-electron chi connectivity index (χ1n) is 5.77. The van der Waals surface area contributed by atoms with Crippen LogP contribution in [0, 0.1) is 0 Å². The molecule has 2 aromatic rings. The highest BCUT2D eigenvalue weighted by Crippen LogP contribution is 2.18. The molecule has 0 unspecified atom stereocenters. The molecule has 0 saturated heterocycles. The van der Waals surface area contributed by atoms with Crippen LogP contribution in [-0.2, 0) is 0 Å². The highest BCUT2D eigenvalue weighted by atomic mass is 16.1. The monoisotopic (exact) mass is 225 g/mol. The molecule has 84 valence electrons. The van der Waals surface area contributed by atoms with E-state index in [0.29, 0.717) is 17.2 Å². The van der Waals surface area contributed by atoms with Crippen molar-refractivity contribution in [2.75, 3.05) is 0 Å². The number of imidazole rings is 1. The van der Waals surface area contributed by atoms with Gasteiger partial charge in [0.1, 0.15) is 13.5 Å². The van der Waals surface area contributed by atoms with Gasteiger partial charge in [-0.1, -0.05) is 0 Å². The van der Waals surface area contributed by atoms with Gasteiger partial charge < -0.3 is 9.72 Å². The van der Waals surface area contributed by atoms with Crippen molar-refractivity contribution in [3.63, 3.8) is 0 Å². The van der Waals surface area contributed by atoms with Crippen LogP contribution in [0.3, 0.4) is 0 Å². The van der Waals surface area contributed by atoms with Crippen molar-refractivity contribution < 1.29 is 4.79 Å². The number of amides is 1. The minimum Gasteiger partial charge on any atom is -0.349 e. The standard InChI is InChI=1S/C12H12BN3O/c13-10-7-16-6-8(4-5-11(16)15-10)12(17)14-9-2-1-3-9/h4-7,9H,1-3H2,(H,14,17). The molecule has 1 saturated carbocycles. The van der Waals surface area contributed by atoms with Crippen molar-refractivity contribution in [3.8, 4) is 0 Å². The van der Waals surface area contributed by atoms with Crippen LogP contribution in [0.2, 0.25) is 0 Å². The predicted octanol–water partition coefficient (Wildman–Crippen LogP) is 0.410. The van der Waals surface area contributed by atoms with E-state index in [1.54, 1.807) is 28.9 Å². The van der Waals surface area contributed by atoms with Crippen molar-refractivity contribution in [1.82, 2.24) is 14.7 Å². The second kappa shape index (κ2) is 3.91. The number of carbonyl (C=O) groups excluding carboxylic acids is 1. The number of carbonyl (C=O) groups is 1. The van der Waals surface area contributed by atoms with Gasteiger partial charge in [0.05, 0.1) is 5.56 Å². The predicted molar refractivity (Wildman–Crippen MR) is 65.7 cm³/mol. The zero-order valence-corrected chi connectivity index (χ0v) is 9.39. The molecule has 0 aromatic carbocycles. The molecule has 3 rings (SSSR count). The highest BCUT2D eigenvalue weighted by Gasteiger charge is 2.20. The molecule has 0 aliphatic heterocycles. The molecular formula is C12H12BN3O. The molecular weight excluding hydrogens is 213 g/mol. The van der Waals surface area contributed by atoms with Crippen LogP contribution in [0.25, 0.3) is 5.65 Å². The molecule has 2 heterocycles. The summed E-state index contributed by atoms with van der Waals surface area (Å²) in [7, 11) is 5.60. The number of hydrogen-bond donors (Lipinski definition) is 1. The summed E-state index contributed by atoms with van der Waals surface area (Å²) in [6.07, 6.45) is 6.85. The molecule has 2 radical (unpaired) electrons. The topological polar surface area (TPSA) is 46.4 Å². The maximum Gasteiger partial charge on any atom is 0.252 e. The Labute approximate surface area is 100 Å². The first kappa shape index (κ1) is 10.4. The van der Waals surface area contributed by atoms with E-state index in [2.05, 4.69) is 10.3 Å². The Morgan fingerprint density at radius 1 is 1.41 bits per heavy atom. The molecule has 1 fully saturated rings. The molecule has 4 nitrogen and oxygen atoms in total. The normalized spacial score (nSPS) is 15.8. The lowest BCUT2D eigenvalue weighted by atomic mass is 9.93. The fourth-order valence-corrected chi connectivity index (χ4v) is 1.97. The number of fused-ring (bicyclic) bond motifs is 1. The van der Waals surface area contributed by atoms with E-state index < -0.39 is 0 Å². The van der Waals surface area contributed by atoms with Gasteiger partial charge in [-0.15, -0.1) is 0 Å². The van der Waals surface area contributed by atoms with E-state index in [4.69, 9.17) is 7.85 Å². The van der Waals surface area contributed by atoms with E-state index in [9.17, 15) is 4.79 Å². The van der Waals surface area contributed by atoms with Gasteiger partial charge in [0.25, 0.3) is 5.91 Å².